The van der Waals surface area contributed by atoms with Crippen LogP contribution in [0.15, 0.2) is 24.3 Å². The van der Waals surface area contributed by atoms with Crippen LogP contribution < -0.4 is 21.7 Å². The number of carboxylic acid groups (broad SMARTS) is 1. The smallest absolute Gasteiger partial charge is 0.325 e. The quantitative estimate of drug-likeness (QED) is 0.218. The third-order valence-corrected chi connectivity index (χ3v) is 5.69. The van der Waals surface area contributed by atoms with Gasteiger partial charge in [-0.25, -0.2) is 0 Å². The average molecular weight is 497 g/mol. The van der Waals surface area contributed by atoms with Gasteiger partial charge in [0.25, 0.3) is 0 Å². The number of rotatable bonds is 14. The lowest BCUT2D eigenvalue weighted by atomic mass is 10.0. The van der Waals surface area contributed by atoms with Crippen LogP contribution in [-0.2, 0) is 25.6 Å². The number of hydrogen-bond acceptors (Lipinski definition) is 7. The van der Waals surface area contributed by atoms with Crippen molar-refractivity contribution >= 4 is 35.5 Å². The summed E-state index contributed by atoms with van der Waals surface area (Å²) in [5.41, 5.74) is 6.66. The molecule has 10 nitrogen and oxygen atoms in total. The monoisotopic (exact) mass is 496 g/mol. The Morgan fingerprint density at radius 1 is 0.941 bits per heavy atom. The molecule has 0 aliphatic rings. The summed E-state index contributed by atoms with van der Waals surface area (Å²) in [6.45, 7) is 5.19. The lowest BCUT2D eigenvalue weighted by molar-refractivity contribution is -0.141. The lowest BCUT2D eigenvalue weighted by Crippen LogP contribution is -2.57. The Morgan fingerprint density at radius 2 is 1.50 bits per heavy atom. The van der Waals surface area contributed by atoms with Crippen molar-refractivity contribution in [3.8, 4) is 5.75 Å². The Hall–Kier alpha value is -2.79. The molecule has 1 rings (SSSR count). The van der Waals surface area contributed by atoms with Crippen LogP contribution in [0, 0.1) is 5.92 Å². The Labute approximate surface area is 204 Å². The second kappa shape index (κ2) is 14.5. The predicted molar refractivity (Wildman–Crippen MR) is 131 cm³/mol. The van der Waals surface area contributed by atoms with E-state index in [4.69, 9.17) is 10.8 Å². The van der Waals surface area contributed by atoms with E-state index in [2.05, 4.69) is 16.0 Å². The molecule has 0 radical (unpaired) electrons. The molecule has 0 saturated heterocycles. The van der Waals surface area contributed by atoms with E-state index in [-0.39, 0.29) is 24.5 Å². The Balaban J connectivity index is 3.06. The number of thioether (sulfide) groups is 1. The number of aliphatic carboxylic acids is 1. The highest BCUT2D eigenvalue weighted by molar-refractivity contribution is 7.98. The van der Waals surface area contributed by atoms with Gasteiger partial charge < -0.3 is 31.9 Å². The maximum atomic E-state index is 13.2. The van der Waals surface area contributed by atoms with E-state index in [0.717, 1.165) is 0 Å². The minimum Gasteiger partial charge on any atom is -0.508 e. The number of phenolic OH excluding ortho intramolecular Hbond substituents is 1. The minimum absolute atomic E-state index is 0.0640. The molecule has 11 heteroatoms. The summed E-state index contributed by atoms with van der Waals surface area (Å²) < 4.78 is 0. The number of nitrogens with one attached hydrogen (secondary N) is 3. The van der Waals surface area contributed by atoms with Crippen LogP contribution in [0.3, 0.4) is 0 Å². The van der Waals surface area contributed by atoms with Crippen LogP contribution in [0.4, 0.5) is 0 Å². The van der Waals surface area contributed by atoms with Gasteiger partial charge in [-0.05, 0) is 55.4 Å². The number of phenols is 1. The molecule has 0 heterocycles. The maximum absolute atomic E-state index is 13.2. The molecule has 4 unspecified atom stereocenters. The molecule has 190 valence electrons. The fourth-order valence-electron chi connectivity index (χ4n) is 3.12. The van der Waals surface area contributed by atoms with Crippen molar-refractivity contribution in [2.45, 2.75) is 64.2 Å². The number of amides is 3. The van der Waals surface area contributed by atoms with Gasteiger partial charge in [0.15, 0.2) is 0 Å². The van der Waals surface area contributed by atoms with Crippen molar-refractivity contribution in [3.05, 3.63) is 29.8 Å². The zero-order valence-electron chi connectivity index (χ0n) is 20.0. The van der Waals surface area contributed by atoms with Crippen LogP contribution in [-0.4, -0.2) is 70.1 Å². The second-order valence-corrected chi connectivity index (χ2v) is 9.56. The standard InChI is InChI=1S/C23H36N4O6S/c1-13(2)11-17(24)20(29)27-19(12-15-5-7-16(28)8-6-15)22(31)26-18(9-10-34-4)21(30)25-14(3)23(32)33/h5-8,13-14,17-19,28H,9-12,24H2,1-4H3,(H,25,30)(H,26,31)(H,27,29)(H,32,33). The van der Waals surface area contributed by atoms with Crippen molar-refractivity contribution in [1.29, 1.82) is 0 Å². The van der Waals surface area contributed by atoms with E-state index in [1.165, 1.54) is 30.8 Å². The van der Waals surface area contributed by atoms with E-state index in [1.54, 1.807) is 12.1 Å². The number of carbonyl (C=O) groups excluding carboxylic acids is 3. The van der Waals surface area contributed by atoms with Gasteiger partial charge in [0, 0.05) is 6.42 Å². The first-order valence-corrected chi connectivity index (χ1v) is 12.5. The van der Waals surface area contributed by atoms with Gasteiger partial charge in [-0.15, -0.1) is 0 Å². The van der Waals surface area contributed by atoms with E-state index in [0.29, 0.717) is 17.7 Å². The molecule has 0 aliphatic carbocycles. The van der Waals surface area contributed by atoms with Gasteiger partial charge in [0.1, 0.15) is 23.9 Å². The van der Waals surface area contributed by atoms with E-state index in [1.807, 2.05) is 20.1 Å². The third kappa shape index (κ3) is 10.4. The summed E-state index contributed by atoms with van der Waals surface area (Å²) in [6.07, 6.45) is 2.66. The summed E-state index contributed by atoms with van der Waals surface area (Å²) in [5.74, 6) is -2.10. The topological polar surface area (TPSA) is 171 Å². The summed E-state index contributed by atoms with van der Waals surface area (Å²) in [5, 5.41) is 26.3. The third-order valence-electron chi connectivity index (χ3n) is 5.04. The normalized spacial score (nSPS) is 14.5. The van der Waals surface area contributed by atoms with Crippen molar-refractivity contribution < 1.29 is 29.4 Å². The van der Waals surface area contributed by atoms with E-state index >= 15 is 0 Å². The fourth-order valence-corrected chi connectivity index (χ4v) is 3.59. The van der Waals surface area contributed by atoms with Gasteiger partial charge in [-0.1, -0.05) is 26.0 Å². The summed E-state index contributed by atoms with van der Waals surface area (Å²) in [4.78, 5) is 49.6. The average Bonchev–Trinajstić information content (AvgIpc) is 2.76. The van der Waals surface area contributed by atoms with Crippen LogP contribution in [0.25, 0.3) is 0 Å². The van der Waals surface area contributed by atoms with Crippen molar-refractivity contribution in [1.82, 2.24) is 16.0 Å². The molecule has 1 aromatic rings. The van der Waals surface area contributed by atoms with Crippen molar-refractivity contribution in [3.63, 3.8) is 0 Å². The van der Waals surface area contributed by atoms with Crippen LogP contribution >= 0.6 is 11.8 Å². The molecule has 1 aromatic carbocycles. The van der Waals surface area contributed by atoms with Gasteiger partial charge in [-0.2, -0.15) is 11.8 Å². The number of hydrogen-bond donors (Lipinski definition) is 6. The van der Waals surface area contributed by atoms with Gasteiger partial charge >= 0.3 is 5.97 Å². The summed E-state index contributed by atoms with van der Waals surface area (Å²) >= 11 is 1.47. The predicted octanol–water partition coefficient (Wildman–Crippen LogP) is 0.620. The lowest BCUT2D eigenvalue weighted by Gasteiger charge is -2.25. The molecular weight excluding hydrogens is 460 g/mol. The minimum atomic E-state index is -1.19. The number of aromatic hydroxyl groups is 1. The van der Waals surface area contributed by atoms with Crippen LogP contribution in [0.2, 0.25) is 0 Å². The largest absolute Gasteiger partial charge is 0.508 e. The molecule has 0 aliphatic heterocycles. The highest BCUT2D eigenvalue weighted by Crippen LogP contribution is 2.12. The first kappa shape index (κ1) is 29.2. The molecule has 0 aromatic heterocycles. The van der Waals surface area contributed by atoms with Gasteiger partial charge in [0.2, 0.25) is 17.7 Å². The molecule has 4 atom stereocenters. The Morgan fingerprint density at radius 3 is 2.03 bits per heavy atom. The summed E-state index contributed by atoms with van der Waals surface area (Å²) in [7, 11) is 0. The molecule has 3 amide bonds. The fraction of sp³-hybridized carbons (Fsp3) is 0.565. The molecule has 0 saturated carbocycles. The second-order valence-electron chi connectivity index (χ2n) is 8.58. The van der Waals surface area contributed by atoms with E-state index in [9.17, 15) is 24.3 Å². The molecule has 0 spiro atoms. The van der Waals surface area contributed by atoms with Crippen LogP contribution in [0.1, 0.15) is 39.2 Å². The van der Waals surface area contributed by atoms with Gasteiger partial charge in [0.05, 0.1) is 6.04 Å². The SMILES string of the molecule is CSCCC(NC(=O)C(Cc1ccc(O)cc1)NC(=O)C(N)CC(C)C)C(=O)NC(C)C(=O)O. The van der Waals surface area contributed by atoms with Crippen molar-refractivity contribution in [2.75, 3.05) is 12.0 Å². The van der Waals surface area contributed by atoms with Crippen LogP contribution in [0.5, 0.6) is 5.75 Å². The maximum Gasteiger partial charge on any atom is 0.325 e. The zero-order valence-corrected chi connectivity index (χ0v) is 20.9. The highest BCUT2D eigenvalue weighted by atomic mass is 32.2. The first-order chi connectivity index (χ1) is 15.9. The molecular formula is C23H36N4O6S. The summed E-state index contributed by atoms with van der Waals surface area (Å²) in [6, 6.07) is 2.26. The van der Waals surface area contributed by atoms with E-state index < -0.39 is 47.9 Å². The Kier molecular flexibility index (Phi) is 12.4. The first-order valence-electron chi connectivity index (χ1n) is 11.1. The molecule has 0 bridgehead atoms. The number of carboxylic acids is 1. The Bertz CT molecular complexity index is 833. The number of benzene rings is 1. The highest BCUT2D eigenvalue weighted by Gasteiger charge is 2.29. The number of carbonyl (C=O) groups is 4. The zero-order chi connectivity index (χ0) is 25.8. The number of nitrogens with two attached hydrogens (primary N) is 1. The van der Waals surface area contributed by atoms with Gasteiger partial charge in [-0.3, -0.25) is 19.2 Å². The molecule has 34 heavy (non-hydrogen) atoms. The van der Waals surface area contributed by atoms with Crippen molar-refractivity contribution in [2.24, 2.45) is 11.7 Å². The molecule has 7 N–H and O–H groups in total. The molecule has 0 fully saturated rings.